The second-order valence-electron chi connectivity index (χ2n) is 6.01. The number of pyridine rings is 1. The fraction of sp³-hybridized carbons (Fsp3) is 0. The van der Waals surface area contributed by atoms with Crippen molar-refractivity contribution in [1.82, 2.24) is 4.98 Å². The van der Waals surface area contributed by atoms with E-state index in [1.54, 1.807) is 12.1 Å². The van der Waals surface area contributed by atoms with E-state index in [1.807, 2.05) is 42.5 Å². The highest BCUT2D eigenvalue weighted by molar-refractivity contribution is 6.33. The fourth-order valence-corrected chi connectivity index (χ4v) is 3.13. The normalized spacial score (nSPS) is 10.7. The Labute approximate surface area is 160 Å². The van der Waals surface area contributed by atoms with E-state index in [2.05, 4.69) is 10.3 Å². The minimum Gasteiger partial charge on any atom is -0.322 e. The summed E-state index contributed by atoms with van der Waals surface area (Å²) in [5.41, 5.74) is 3.05. The van der Waals surface area contributed by atoms with Crippen molar-refractivity contribution in [2.24, 2.45) is 0 Å². The predicted molar refractivity (Wildman–Crippen MR) is 107 cm³/mol. The van der Waals surface area contributed by atoms with E-state index < -0.39 is 0 Å². The van der Waals surface area contributed by atoms with Gasteiger partial charge in [-0.05, 0) is 42.5 Å². The molecule has 3 aromatic carbocycles. The van der Waals surface area contributed by atoms with Crippen LogP contribution in [0.3, 0.4) is 0 Å². The van der Waals surface area contributed by atoms with Gasteiger partial charge in [-0.2, -0.15) is 0 Å². The Morgan fingerprint density at radius 1 is 0.926 bits per heavy atom. The van der Waals surface area contributed by atoms with Crippen molar-refractivity contribution < 1.29 is 9.18 Å². The van der Waals surface area contributed by atoms with Crippen LogP contribution < -0.4 is 5.32 Å². The number of halogens is 2. The lowest BCUT2D eigenvalue weighted by Crippen LogP contribution is -2.13. The van der Waals surface area contributed by atoms with Gasteiger partial charge in [0, 0.05) is 21.7 Å². The molecular formula is C22H14ClFN2O. The number of anilines is 1. The lowest BCUT2D eigenvalue weighted by atomic mass is 10.0. The van der Waals surface area contributed by atoms with Crippen LogP contribution in [0, 0.1) is 5.82 Å². The van der Waals surface area contributed by atoms with Crippen molar-refractivity contribution in [3.8, 4) is 11.3 Å². The topological polar surface area (TPSA) is 42.0 Å². The van der Waals surface area contributed by atoms with Crippen molar-refractivity contribution in [1.29, 1.82) is 0 Å². The van der Waals surface area contributed by atoms with Crippen LogP contribution in [-0.4, -0.2) is 10.9 Å². The summed E-state index contributed by atoms with van der Waals surface area (Å²) in [6, 6.07) is 22.1. The van der Waals surface area contributed by atoms with Crippen LogP contribution in [0.2, 0.25) is 5.02 Å². The van der Waals surface area contributed by atoms with Crippen LogP contribution in [-0.2, 0) is 0 Å². The third-order valence-corrected chi connectivity index (χ3v) is 4.54. The molecule has 0 spiro atoms. The molecule has 0 aliphatic carbocycles. The second-order valence-corrected chi connectivity index (χ2v) is 6.42. The van der Waals surface area contributed by atoms with Gasteiger partial charge in [0.2, 0.25) is 0 Å². The van der Waals surface area contributed by atoms with Gasteiger partial charge >= 0.3 is 0 Å². The molecule has 0 aliphatic rings. The highest BCUT2D eigenvalue weighted by Gasteiger charge is 2.15. The average Bonchev–Trinajstić information content (AvgIpc) is 2.69. The molecule has 1 amide bonds. The quantitative estimate of drug-likeness (QED) is 0.480. The zero-order valence-corrected chi connectivity index (χ0v) is 14.9. The number of benzene rings is 3. The highest BCUT2D eigenvalue weighted by atomic mass is 35.5. The zero-order valence-electron chi connectivity index (χ0n) is 14.1. The Morgan fingerprint density at radius 3 is 2.41 bits per heavy atom. The summed E-state index contributed by atoms with van der Waals surface area (Å²) >= 11 is 6.31. The molecule has 1 N–H and O–H groups in total. The summed E-state index contributed by atoms with van der Waals surface area (Å²) in [7, 11) is 0. The van der Waals surface area contributed by atoms with Crippen molar-refractivity contribution in [2.75, 3.05) is 5.32 Å². The molecule has 1 aromatic heterocycles. The first-order valence-corrected chi connectivity index (χ1v) is 8.71. The van der Waals surface area contributed by atoms with Crippen molar-refractivity contribution >= 4 is 34.1 Å². The maximum atomic E-state index is 13.1. The number of nitrogens with zero attached hydrogens (tertiary/aromatic N) is 1. The van der Waals surface area contributed by atoms with Gasteiger partial charge in [-0.1, -0.05) is 48.0 Å². The number of amides is 1. The van der Waals surface area contributed by atoms with Crippen LogP contribution in [0.25, 0.3) is 22.2 Å². The van der Waals surface area contributed by atoms with Gasteiger partial charge in [0.05, 0.1) is 16.8 Å². The van der Waals surface area contributed by atoms with Gasteiger partial charge in [0.1, 0.15) is 5.82 Å². The van der Waals surface area contributed by atoms with Crippen LogP contribution in [0.1, 0.15) is 10.4 Å². The average molecular weight is 377 g/mol. The Hall–Kier alpha value is -3.24. The molecule has 4 rings (SSSR count). The number of carbonyl (C=O) groups is 1. The molecule has 0 aliphatic heterocycles. The van der Waals surface area contributed by atoms with Gasteiger partial charge in [-0.25, -0.2) is 9.37 Å². The van der Waals surface area contributed by atoms with E-state index in [1.165, 1.54) is 24.3 Å². The van der Waals surface area contributed by atoms with Crippen molar-refractivity contribution in [2.45, 2.75) is 0 Å². The molecular weight excluding hydrogens is 363 g/mol. The van der Waals surface area contributed by atoms with Crippen LogP contribution >= 0.6 is 11.6 Å². The van der Waals surface area contributed by atoms with Crippen molar-refractivity contribution in [3.05, 3.63) is 95.3 Å². The van der Waals surface area contributed by atoms with Crippen LogP contribution in [0.4, 0.5) is 10.1 Å². The molecule has 0 atom stereocenters. The summed E-state index contributed by atoms with van der Waals surface area (Å²) in [5, 5.41) is 4.09. The number of para-hydroxylation sites is 1. The van der Waals surface area contributed by atoms with E-state index in [-0.39, 0.29) is 11.7 Å². The highest BCUT2D eigenvalue weighted by Crippen LogP contribution is 2.30. The minimum absolute atomic E-state index is 0.298. The Kier molecular flexibility index (Phi) is 4.57. The third kappa shape index (κ3) is 3.52. The number of rotatable bonds is 3. The van der Waals surface area contributed by atoms with Crippen molar-refractivity contribution in [3.63, 3.8) is 0 Å². The third-order valence-electron chi connectivity index (χ3n) is 4.21. The maximum Gasteiger partial charge on any atom is 0.256 e. The lowest BCUT2D eigenvalue weighted by molar-refractivity contribution is 0.102. The Balaban J connectivity index is 1.82. The van der Waals surface area contributed by atoms with Gasteiger partial charge in [-0.3, -0.25) is 4.79 Å². The molecule has 0 bridgehead atoms. The fourth-order valence-electron chi connectivity index (χ4n) is 2.90. The largest absolute Gasteiger partial charge is 0.322 e. The molecule has 0 unspecified atom stereocenters. The summed E-state index contributed by atoms with van der Waals surface area (Å²) in [6.07, 6.45) is 0. The predicted octanol–water partition coefficient (Wildman–Crippen LogP) is 5.95. The van der Waals surface area contributed by atoms with Crippen LogP contribution in [0.15, 0.2) is 78.9 Å². The minimum atomic E-state index is -0.358. The van der Waals surface area contributed by atoms with Gasteiger partial charge in [0.15, 0.2) is 0 Å². The summed E-state index contributed by atoms with van der Waals surface area (Å²) in [4.78, 5) is 17.6. The molecule has 4 aromatic rings. The van der Waals surface area contributed by atoms with E-state index >= 15 is 0 Å². The number of hydrogen-bond acceptors (Lipinski definition) is 2. The molecule has 3 nitrogen and oxygen atoms in total. The maximum absolute atomic E-state index is 13.1. The molecule has 0 saturated carbocycles. The Bertz CT molecular complexity index is 1140. The smallest absolute Gasteiger partial charge is 0.256 e. The van der Waals surface area contributed by atoms with E-state index in [9.17, 15) is 9.18 Å². The number of fused-ring (bicyclic) bond motifs is 1. The number of nitrogens with one attached hydrogen (secondary N) is 1. The lowest BCUT2D eigenvalue weighted by Gasteiger charge is -2.11. The standard InChI is InChI=1S/C22H14ClFN2O/c23-19-7-3-1-6-17(19)21-13-18(16-5-2-4-8-20(16)26-21)22(27)25-15-11-9-14(24)10-12-15/h1-13H,(H,25,27). The molecule has 27 heavy (non-hydrogen) atoms. The summed E-state index contributed by atoms with van der Waals surface area (Å²) < 4.78 is 13.1. The molecule has 132 valence electrons. The molecule has 0 saturated heterocycles. The molecule has 0 radical (unpaired) electrons. The van der Waals surface area contributed by atoms with Gasteiger partial charge < -0.3 is 5.32 Å². The number of carbonyl (C=O) groups excluding carboxylic acids is 1. The SMILES string of the molecule is O=C(Nc1ccc(F)cc1)c1cc(-c2ccccc2Cl)nc2ccccc12. The molecule has 0 fully saturated rings. The van der Waals surface area contributed by atoms with Crippen LogP contribution in [0.5, 0.6) is 0 Å². The number of aromatic nitrogens is 1. The van der Waals surface area contributed by atoms with Gasteiger partial charge in [0.25, 0.3) is 5.91 Å². The molecule has 1 heterocycles. The molecule has 5 heteroatoms. The van der Waals surface area contributed by atoms with E-state index in [4.69, 9.17) is 11.6 Å². The first-order valence-electron chi connectivity index (χ1n) is 8.33. The van der Waals surface area contributed by atoms with Gasteiger partial charge in [-0.15, -0.1) is 0 Å². The first kappa shape index (κ1) is 17.2. The van der Waals surface area contributed by atoms with E-state index in [0.29, 0.717) is 27.5 Å². The summed E-state index contributed by atoms with van der Waals surface area (Å²) in [5.74, 6) is -0.656. The first-order chi connectivity index (χ1) is 13.1. The zero-order chi connectivity index (χ0) is 18.8. The summed E-state index contributed by atoms with van der Waals surface area (Å²) in [6.45, 7) is 0. The van der Waals surface area contributed by atoms with E-state index in [0.717, 1.165) is 10.9 Å². The number of hydrogen-bond donors (Lipinski definition) is 1. The monoisotopic (exact) mass is 376 g/mol. The second kappa shape index (κ2) is 7.17. The Morgan fingerprint density at radius 2 is 1.63 bits per heavy atom.